The Hall–Kier alpha value is -2.23. The molecular weight excluding hydrogens is 329 g/mol. The first kappa shape index (κ1) is 15.7. The molecule has 3 rings (SSSR count). The lowest BCUT2D eigenvalue weighted by Crippen LogP contribution is -2.00. The summed E-state index contributed by atoms with van der Waals surface area (Å²) in [6.07, 6.45) is 3.60. The van der Waals surface area contributed by atoms with Gasteiger partial charge < -0.3 is 11.1 Å². The van der Waals surface area contributed by atoms with Crippen LogP contribution < -0.4 is 11.1 Å². The number of pyridine rings is 1. The zero-order valence-electron chi connectivity index (χ0n) is 12.3. The van der Waals surface area contributed by atoms with Crippen LogP contribution in [0.25, 0.3) is 11.1 Å². The van der Waals surface area contributed by atoms with Crippen molar-refractivity contribution in [3.05, 3.63) is 76.5 Å². The van der Waals surface area contributed by atoms with Crippen molar-refractivity contribution in [2.75, 3.05) is 11.1 Å². The minimum Gasteiger partial charge on any atom is -0.399 e. The van der Waals surface area contributed by atoms with E-state index >= 15 is 0 Å². The second-order valence-corrected chi connectivity index (χ2v) is 6.00. The summed E-state index contributed by atoms with van der Waals surface area (Å²) in [5.74, 6) is 0. The molecule has 0 saturated heterocycles. The Labute approximate surface area is 145 Å². The van der Waals surface area contributed by atoms with E-state index in [2.05, 4.69) is 10.3 Å². The molecule has 3 N–H and O–H groups in total. The number of anilines is 2. The number of nitrogen functional groups attached to an aromatic ring is 1. The highest BCUT2D eigenvalue weighted by Gasteiger charge is 2.03. The molecule has 3 nitrogen and oxygen atoms in total. The first-order valence-corrected chi connectivity index (χ1v) is 7.86. The summed E-state index contributed by atoms with van der Waals surface area (Å²) in [6, 6.07) is 15.4. The van der Waals surface area contributed by atoms with Crippen molar-refractivity contribution in [1.82, 2.24) is 4.98 Å². The molecule has 23 heavy (non-hydrogen) atoms. The highest BCUT2D eigenvalue weighted by molar-refractivity contribution is 6.42. The Morgan fingerprint density at radius 3 is 2.57 bits per heavy atom. The van der Waals surface area contributed by atoms with Crippen molar-refractivity contribution < 1.29 is 0 Å². The molecule has 0 spiro atoms. The Bertz CT molecular complexity index is 834. The predicted molar refractivity (Wildman–Crippen MR) is 97.9 cm³/mol. The first-order chi connectivity index (χ1) is 11.1. The molecule has 0 fully saturated rings. The third-order valence-electron chi connectivity index (χ3n) is 3.44. The molecule has 116 valence electrons. The zero-order chi connectivity index (χ0) is 16.2. The fourth-order valence-corrected chi connectivity index (χ4v) is 2.59. The molecule has 0 aliphatic rings. The van der Waals surface area contributed by atoms with E-state index in [4.69, 9.17) is 28.9 Å². The summed E-state index contributed by atoms with van der Waals surface area (Å²) >= 11 is 12.0. The number of nitrogens with two attached hydrogens (primary N) is 1. The number of halogens is 2. The minimum atomic E-state index is 0.553. The van der Waals surface area contributed by atoms with E-state index in [1.54, 1.807) is 12.3 Å². The number of nitrogens with one attached hydrogen (secondary N) is 1. The lowest BCUT2D eigenvalue weighted by Gasteiger charge is -2.09. The molecule has 0 bridgehead atoms. The van der Waals surface area contributed by atoms with E-state index in [1.165, 1.54) is 0 Å². The number of hydrogen-bond donors (Lipinski definition) is 2. The Balaban J connectivity index is 1.76. The molecular formula is C18H15Cl2N3. The van der Waals surface area contributed by atoms with E-state index in [-0.39, 0.29) is 0 Å². The summed E-state index contributed by atoms with van der Waals surface area (Å²) in [5, 5.41) is 4.45. The molecule has 0 aliphatic heterocycles. The van der Waals surface area contributed by atoms with E-state index in [0.29, 0.717) is 16.6 Å². The molecule has 2 aromatic carbocycles. The average Bonchev–Trinajstić information content (AvgIpc) is 2.56. The zero-order valence-corrected chi connectivity index (χ0v) is 13.8. The first-order valence-electron chi connectivity index (χ1n) is 7.10. The quantitative estimate of drug-likeness (QED) is 0.636. The fourth-order valence-electron chi connectivity index (χ4n) is 2.27. The monoisotopic (exact) mass is 343 g/mol. The number of hydrogen-bond acceptors (Lipinski definition) is 3. The number of benzene rings is 2. The van der Waals surface area contributed by atoms with Gasteiger partial charge in [0.2, 0.25) is 0 Å². The molecule has 0 saturated carbocycles. The topological polar surface area (TPSA) is 50.9 Å². The van der Waals surface area contributed by atoms with Gasteiger partial charge in [-0.2, -0.15) is 0 Å². The Morgan fingerprint density at radius 1 is 0.913 bits per heavy atom. The van der Waals surface area contributed by atoms with Crippen molar-refractivity contribution in [2.24, 2.45) is 0 Å². The maximum atomic E-state index is 6.03. The van der Waals surface area contributed by atoms with Crippen LogP contribution >= 0.6 is 23.2 Å². The molecule has 0 radical (unpaired) electrons. The molecule has 0 amide bonds. The Kier molecular flexibility index (Phi) is 4.70. The summed E-state index contributed by atoms with van der Waals surface area (Å²) in [7, 11) is 0. The van der Waals surface area contributed by atoms with Crippen LogP contribution in [0.4, 0.5) is 11.4 Å². The third-order valence-corrected chi connectivity index (χ3v) is 4.18. The predicted octanol–water partition coefficient (Wildman–Crippen LogP) is 5.25. The van der Waals surface area contributed by atoms with Crippen LogP contribution in [-0.2, 0) is 6.54 Å². The van der Waals surface area contributed by atoms with Gasteiger partial charge in [-0.3, -0.25) is 4.98 Å². The maximum absolute atomic E-state index is 6.03. The van der Waals surface area contributed by atoms with Gasteiger partial charge in [-0.05, 0) is 41.5 Å². The van der Waals surface area contributed by atoms with Crippen LogP contribution in [0.1, 0.15) is 5.56 Å². The summed E-state index contributed by atoms with van der Waals surface area (Å²) in [5.41, 5.74) is 10.6. The number of aromatic nitrogens is 1. The number of rotatable bonds is 4. The highest BCUT2D eigenvalue weighted by Crippen LogP contribution is 2.25. The van der Waals surface area contributed by atoms with Crippen LogP contribution in [0.2, 0.25) is 10.0 Å². The van der Waals surface area contributed by atoms with Crippen molar-refractivity contribution in [3.8, 4) is 11.1 Å². The summed E-state index contributed by atoms with van der Waals surface area (Å²) in [4.78, 5) is 4.28. The van der Waals surface area contributed by atoms with Gasteiger partial charge in [-0.1, -0.05) is 41.4 Å². The summed E-state index contributed by atoms with van der Waals surface area (Å²) < 4.78 is 0. The average molecular weight is 344 g/mol. The molecule has 1 aromatic heterocycles. The molecule has 0 aliphatic carbocycles. The van der Waals surface area contributed by atoms with Crippen molar-refractivity contribution >= 4 is 34.6 Å². The van der Waals surface area contributed by atoms with Crippen LogP contribution in [0, 0.1) is 0 Å². The van der Waals surface area contributed by atoms with Crippen LogP contribution in [0.5, 0.6) is 0 Å². The van der Waals surface area contributed by atoms with E-state index in [0.717, 1.165) is 28.1 Å². The van der Waals surface area contributed by atoms with Gasteiger partial charge in [0.05, 0.1) is 15.7 Å². The van der Waals surface area contributed by atoms with Gasteiger partial charge in [0.25, 0.3) is 0 Å². The normalized spacial score (nSPS) is 10.5. The van der Waals surface area contributed by atoms with Gasteiger partial charge in [0.1, 0.15) is 0 Å². The van der Waals surface area contributed by atoms with E-state index in [1.807, 2.05) is 48.7 Å². The third kappa shape index (κ3) is 3.95. The van der Waals surface area contributed by atoms with Crippen LogP contribution in [-0.4, -0.2) is 4.98 Å². The van der Waals surface area contributed by atoms with Gasteiger partial charge >= 0.3 is 0 Å². The standard InChI is InChI=1S/C18H15Cl2N3/c19-17-5-4-12(6-18(17)20)9-23-16-8-14(10-22-11-16)13-2-1-3-15(21)7-13/h1-8,10-11,23H,9,21H2. The lowest BCUT2D eigenvalue weighted by molar-refractivity contribution is 1.14. The van der Waals surface area contributed by atoms with Gasteiger partial charge in [0, 0.05) is 30.2 Å². The van der Waals surface area contributed by atoms with Crippen LogP contribution in [0.15, 0.2) is 60.9 Å². The molecule has 5 heteroatoms. The maximum Gasteiger partial charge on any atom is 0.0595 e. The van der Waals surface area contributed by atoms with Gasteiger partial charge in [-0.25, -0.2) is 0 Å². The van der Waals surface area contributed by atoms with Gasteiger partial charge in [-0.15, -0.1) is 0 Å². The SMILES string of the molecule is Nc1cccc(-c2cncc(NCc3ccc(Cl)c(Cl)c3)c2)c1. The van der Waals surface area contributed by atoms with E-state index < -0.39 is 0 Å². The smallest absolute Gasteiger partial charge is 0.0595 e. The second kappa shape index (κ2) is 6.90. The molecule has 0 unspecified atom stereocenters. The van der Waals surface area contributed by atoms with Gasteiger partial charge in [0.15, 0.2) is 0 Å². The Morgan fingerprint density at radius 2 is 1.78 bits per heavy atom. The van der Waals surface area contributed by atoms with Crippen molar-refractivity contribution in [2.45, 2.75) is 6.54 Å². The number of nitrogens with zero attached hydrogens (tertiary/aromatic N) is 1. The largest absolute Gasteiger partial charge is 0.399 e. The molecule has 1 heterocycles. The van der Waals surface area contributed by atoms with Crippen LogP contribution in [0.3, 0.4) is 0 Å². The highest BCUT2D eigenvalue weighted by atomic mass is 35.5. The molecule has 0 atom stereocenters. The minimum absolute atomic E-state index is 0.553. The van der Waals surface area contributed by atoms with E-state index in [9.17, 15) is 0 Å². The van der Waals surface area contributed by atoms with Crippen molar-refractivity contribution in [1.29, 1.82) is 0 Å². The second-order valence-electron chi connectivity index (χ2n) is 5.19. The lowest BCUT2D eigenvalue weighted by atomic mass is 10.1. The van der Waals surface area contributed by atoms with Crippen molar-refractivity contribution in [3.63, 3.8) is 0 Å². The fraction of sp³-hybridized carbons (Fsp3) is 0.0556. The molecule has 3 aromatic rings. The summed E-state index contributed by atoms with van der Waals surface area (Å²) in [6.45, 7) is 0.638.